The van der Waals surface area contributed by atoms with Crippen LogP contribution in [0, 0.1) is 6.92 Å². The topological polar surface area (TPSA) is 63.9 Å². The van der Waals surface area contributed by atoms with E-state index in [-0.39, 0.29) is 11.9 Å². The van der Waals surface area contributed by atoms with Crippen molar-refractivity contribution in [3.05, 3.63) is 65.4 Å². The van der Waals surface area contributed by atoms with Crippen molar-refractivity contribution < 1.29 is 18.7 Å². The van der Waals surface area contributed by atoms with Crippen molar-refractivity contribution in [3.63, 3.8) is 0 Å². The SMILES string of the molecule is COc1ccc(C(CNC(=O)c2oc3ccccc3c2C)N2CCOCC2)cc1. The van der Waals surface area contributed by atoms with E-state index in [9.17, 15) is 4.79 Å². The van der Waals surface area contributed by atoms with Crippen LogP contribution in [-0.2, 0) is 4.74 Å². The maximum Gasteiger partial charge on any atom is 0.287 e. The number of benzene rings is 2. The zero-order valence-electron chi connectivity index (χ0n) is 16.8. The number of hydrogen-bond acceptors (Lipinski definition) is 5. The van der Waals surface area contributed by atoms with Gasteiger partial charge in [-0.25, -0.2) is 0 Å². The molecule has 1 aliphatic heterocycles. The molecule has 0 bridgehead atoms. The molecule has 0 radical (unpaired) electrons. The highest BCUT2D eigenvalue weighted by Gasteiger charge is 2.25. The van der Waals surface area contributed by atoms with Crippen molar-refractivity contribution in [3.8, 4) is 5.75 Å². The largest absolute Gasteiger partial charge is 0.497 e. The molecule has 2 heterocycles. The molecule has 4 rings (SSSR count). The van der Waals surface area contributed by atoms with Crippen LogP contribution in [0.15, 0.2) is 52.9 Å². The van der Waals surface area contributed by atoms with Gasteiger partial charge in [-0.05, 0) is 30.7 Å². The molecule has 3 aromatic rings. The van der Waals surface area contributed by atoms with Crippen molar-refractivity contribution in [1.82, 2.24) is 10.2 Å². The highest BCUT2D eigenvalue weighted by molar-refractivity contribution is 5.98. The summed E-state index contributed by atoms with van der Waals surface area (Å²) in [6, 6.07) is 15.8. The predicted octanol–water partition coefficient (Wildman–Crippen LogP) is 3.55. The molecule has 1 aromatic heterocycles. The molecule has 1 N–H and O–H groups in total. The third kappa shape index (κ3) is 4.13. The van der Waals surface area contributed by atoms with Gasteiger partial charge in [-0.15, -0.1) is 0 Å². The van der Waals surface area contributed by atoms with Gasteiger partial charge in [0.2, 0.25) is 0 Å². The number of nitrogens with one attached hydrogen (secondary N) is 1. The molecule has 0 saturated carbocycles. The van der Waals surface area contributed by atoms with Crippen LogP contribution < -0.4 is 10.1 Å². The number of hydrogen-bond donors (Lipinski definition) is 1. The van der Waals surface area contributed by atoms with Crippen LogP contribution in [0.2, 0.25) is 0 Å². The lowest BCUT2D eigenvalue weighted by atomic mass is 10.0. The first-order chi connectivity index (χ1) is 14.2. The summed E-state index contributed by atoms with van der Waals surface area (Å²) >= 11 is 0. The number of carbonyl (C=O) groups excluding carboxylic acids is 1. The lowest BCUT2D eigenvalue weighted by Gasteiger charge is -2.35. The van der Waals surface area contributed by atoms with Crippen LogP contribution in [0.4, 0.5) is 0 Å². The van der Waals surface area contributed by atoms with Gasteiger partial charge in [0, 0.05) is 30.6 Å². The van der Waals surface area contributed by atoms with E-state index in [1.165, 1.54) is 0 Å². The van der Waals surface area contributed by atoms with Crippen molar-refractivity contribution in [1.29, 1.82) is 0 Å². The highest BCUT2D eigenvalue weighted by Crippen LogP contribution is 2.26. The van der Waals surface area contributed by atoms with E-state index in [0.717, 1.165) is 40.9 Å². The second-order valence-electron chi connectivity index (χ2n) is 7.20. The minimum atomic E-state index is -0.189. The Labute approximate surface area is 170 Å². The Morgan fingerprint density at radius 3 is 2.55 bits per heavy atom. The fourth-order valence-corrected chi connectivity index (χ4v) is 3.83. The van der Waals surface area contributed by atoms with Crippen molar-refractivity contribution in [2.75, 3.05) is 40.0 Å². The summed E-state index contributed by atoms with van der Waals surface area (Å²) in [6.07, 6.45) is 0. The van der Waals surface area contributed by atoms with E-state index in [2.05, 4.69) is 22.3 Å². The van der Waals surface area contributed by atoms with Crippen molar-refractivity contribution >= 4 is 16.9 Å². The number of para-hydroxylation sites is 1. The molecule has 0 spiro atoms. The lowest BCUT2D eigenvalue weighted by Crippen LogP contribution is -2.43. The molecule has 152 valence electrons. The van der Waals surface area contributed by atoms with E-state index in [1.807, 2.05) is 43.3 Å². The minimum absolute atomic E-state index is 0.0541. The Morgan fingerprint density at radius 1 is 1.14 bits per heavy atom. The fourth-order valence-electron chi connectivity index (χ4n) is 3.83. The van der Waals surface area contributed by atoms with E-state index >= 15 is 0 Å². The molecule has 1 unspecified atom stereocenters. The van der Waals surface area contributed by atoms with Crippen LogP contribution in [0.5, 0.6) is 5.75 Å². The molecule has 0 aliphatic carbocycles. The van der Waals surface area contributed by atoms with Crippen LogP contribution in [-0.4, -0.2) is 50.8 Å². The standard InChI is InChI=1S/C23H26N2O4/c1-16-19-5-3-4-6-21(19)29-22(16)23(26)24-15-20(25-11-13-28-14-12-25)17-7-9-18(27-2)10-8-17/h3-10,20H,11-15H2,1-2H3,(H,24,26). The van der Waals surface area contributed by atoms with Gasteiger partial charge in [-0.2, -0.15) is 0 Å². The first-order valence-electron chi connectivity index (χ1n) is 9.89. The minimum Gasteiger partial charge on any atom is -0.497 e. The van der Waals surface area contributed by atoms with E-state index in [0.29, 0.717) is 25.5 Å². The molecule has 6 nitrogen and oxygen atoms in total. The number of amides is 1. The summed E-state index contributed by atoms with van der Waals surface area (Å²) in [4.78, 5) is 15.2. The molecule has 6 heteroatoms. The zero-order chi connectivity index (χ0) is 20.2. The van der Waals surface area contributed by atoms with Gasteiger partial charge in [0.05, 0.1) is 26.4 Å². The maximum absolute atomic E-state index is 12.9. The van der Waals surface area contributed by atoms with Crippen molar-refractivity contribution in [2.24, 2.45) is 0 Å². The zero-order valence-corrected chi connectivity index (χ0v) is 16.8. The second kappa shape index (κ2) is 8.68. The summed E-state index contributed by atoms with van der Waals surface area (Å²) in [5.41, 5.74) is 2.73. The molecule has 1 aliphatic rings. The number of aryl methyl sites for hydroxylation is 1. The first-order valence-corrected chi connectivity index (χ1v) is 9.89. The number of carbonyl (C=O) groups is 1. The van der Waals surface area contributed by atoms with E-state index in [1.54, 1.807) is 7.11 Å². The first kappa shape index (κ1) is 19.5. The molecular weight excluding hydrogens is 368 g/mol. The lowest BCUT2D eigenvalue weighted by molar-refractivity contribution is 0.0161. The number of rotatable bonds is 6. The van der Waals surface area contributed by atoms with E-state index in [4.69, 9.17) is 13.9 Å². The quantitative estimate of drug-likeness (QED) is 0.693. The smallest absolute Gasteiger partial charge is 0.287 e. The van der Waals surface area contributed by atoms with Gasteiger partial charge >= 0.3 is 0 Å². The number of morpholine rings is 1. The third-order valence-electron chi connectivity index (χ3n) is 5.49. The van der Waals surface area contributed by atoms with Gasteiger partial charge in [-0.1, -0.05) is 30.3 Å². The van der Waals surface area contributed by atoms with Crippen LogP contribution in [0.3, 0.4) is 0 Å². The molecule has 1 amide bonds. The Hall–Kier alpha value is -2.83. The molecule has 1 saturated heterocycles. The number of nitrogens with zero attached hydrogens (tertiary/aromatic N) is 1. The summed E-state index contributed by atoms with van der Waals surface area (Å²) in [5, 5.41) is 4.05. The normalized spacial score (nSPS) is 15.9. The van der Waals surface area contributed by atoms with Gasteiger partial charge < -0.3 is 19.2 Å². The summed E-state index contributed by atoms with van der Waals surface area (Å²) < 4.78 is 16.6. The number of methoxy groups -OCH3 is 1. The average Bonchev–Trinajstić information content (AvgIpc) is 3.12. The average molecular weight is 394 g/mol. The highest BCUT2D eigenvalue weighted by atomic mass is 16.5. The predicted molar refractivity (Wildman–Crippen MR) is 111 cm³/mol. The number of ether oxygens (including phenoxy) is 2. The second-order valence-corrected chi connectivity index (χ2v) is 7.20. The molecule has 2 aromatic carbocycles. The Balaban J connectivity index is 1.53. The van der Waals surface area contributed by atoms with Crippen molar-refractivity contribution in [2.45, 2.75) is 13.0 Å². The van der Waals surface area contributed by atoms with Gasteiger partial charge in [0.25, 0.3) is 5.91 Å². The summed E-state index contributed by atoms with van der Waals surface area (Å²) in [7, 11) is 1.66. The van der Waals surface area contributed by atoms with E-state index < -0.39 is 0 Å². The number of furan rings is 1. The summed E-state index contributed by atoms with van der Waals surface area (Å²) in [5.74, 6) is 1.00. The maximum atomic E-state index is 12.9. The van der Waals surface area contributed by atoms with Gasteiger partial charge in [0.15, 0.2) is 5.76 Å². The molecule has 1 atom stereocenters. The van der Waals surface area contributed by atoms with Crippen LogP contribution in [0.1, 0.15) is 27.7 Å². The summed E-state index contributed by atoms with van der Waals surface area (Å²) in [6.45, 7) is 5.46. The van der Waals surface area contributed by atoms with Crippen LogP contribution in [0.25, 0.3) is 11.0 Å². The molecule has 29 heavy (non-hydrogen) atoms. The van der Waals surface area contributed by atoms with Gasteiger partial charge in [-0.3, -0.25) is 9.69 Å². The monoisotopic (exact) mass is 394 g/mol. The Bertz CT molecular complexity index is 974. The molecular formula is C23H26N2O4. The Morgan fingerprint density at radius 2 is 1.86 bits per heavy atom. The van der Waals surface area contributed by atoms with Gasteiger partial charge in [0.1, 0.15) is 11.3 Å². The Kier molecular flexibility index (Phi) is 5.83. The molecule has 1 fully saturated rings. The van der Waals surface area contributed by atoms with Crippen LogP contribution >= 0.6 is 0 Å². The number of fused-ring (bicyclic) bond motifs is 1. The third-order valence-corrected chi connectivity index (χ3v) is 5.49. The fraction of sp³-hybridized carbons (Fsp3) is 0.348.